The van der Waals surface area contributed by atoms with Crippen molar-refractivity contribution < 1.29 is 9.90 Å². The molecule has 0 bridgehead atoms. The molecule has 0 saturated heterocycles. The Morgan fingerprint density at radius 1 is 1.64 bits per heavy atom. The number of aryl methyl sites for hydroxylation is 1. The summed E-state index contributed by atoms with van der Waals surface area (Å²) < 4.78 is 0. The topological polar surface area (TPSA) is 61.1 Å². The van der Waals surface area contributed by atoms with Crippen LogP contribution in [-0.4, -0.2) is 16.8 Å². The summed E-state index contributed by atoms with van der Waals surface area (Å²) in [5.41, 5.74) is 0.947. The number of alkyl halides is 1. The largest absolute Gasteiger partial charge is 0.506 e. The van der Waals surface area contributed by atoms with Crippen LogP contribution in [0.4, 0.5) is 0 Å². The van der Waals surface area contributed by atoms with Gasteiger partial charge in [0.05, 0.1) is 11.4 Å². The number of Topliss-reactive ketones (excluding diaryl/α,β-unsaturated/α-hetero) is 1. The summed E-state index contributed by atoms with van der Waals surface area (Å²) in [7, 11) is 0. The lowest BCUT2D eigenvalue weighted by molar-refractivity contribution is 0.102. The van der Waals surface area contributed by atoms with E-state index in [0.29, 0.717) is 11.1 Å². The number of halogens is 1. The van der Waals surface area contributed by atoms with E-state index in [9.17, 15) is 9.90 Å². The molecule has 0 fully saturated rings. The van der Waals surface area contributed by atoms with Crippen molar-refractivity contribution >= 4 is 17.4 Å². The lowest BCUT2D eigenvalue weighted by Gasteiger charge is -2.03. The zero-order valence-corrected chi connectivity index (χ0v) is 8.30. The summed E-state index contributed by atoms with van der Waals surface area (Å²) in [6.07, 6.45) is 0. The van der Waals surface area contributed by atoms with E-state index >= 15 is 0 Å². The van der Waals surface area contributed by atoms with Gasteiger partial charge in [-0.2, -0.15) is 5.26 Å². The molecular formula is C10H8ClNO2. The number of hydrogen-bond acceptors (Lipinski definition) is 3. The number of nitriles is 1. The highest BCUT2D eigenvalue weighted by Crippen LogP contribution is 2.23. The van der Waals surface area contributed by atoms with E-state index in [0.717, 1.165) is 0 Å². The molecule has 1 aromatic rings. The number of phenols is 1. The van der Waals surface area contributed by atoms with Gasteiger partial charge in [0.15, 0.2) is 5.78 Å². The van der Waals surface area contributed by atoms with Crippen LogP contribution in [-0.2, 0) is 0 Å². The number of carbonyl (C=O) groups is 1. The van der Waals surface area contributed by atoms with Crippen molar-refractivity contribution in [1.82, 2.24) is 0 Å². The molecular weight excluding hydrogens is 202 g/mol. The first-order valence-electron chi connectivity index (χ1n) is 3.93. The molecule has 0 atom stereocenters. The van der Waals surface area contributed by atoms with Gasteiger partial charge in [0.1, 0.15) is 11.8 Å². The van der Waals surface area contributed by atoms with Gasteiger partial charge in [0.2, 0.25) is 0 Å². The summed E-state index contributed by atoms with van der Waals surface area (Å²) in [5, 5.41) is 18.1. The van der Waals surface area contributed by atoms with Gasteiger partial charge in [-0.1, -0.05) is 0 Å². The molecule has 0 aliphatic carbocycles. The lowest BCUT2D eigenvalue weighted by atomic mass is 10.0. The minimum atomic E-state index is -0.258. The van der Waals surface area contributed by atoms with E-state index in [1.54, 1.807) is 6.92 Å². The first-order valence-corrected chi connectivity index (χ1v) is 4.46. The average molecular weight is 210 g/mol. The number of rotatable bonds is 2. The third-order valence-electron chi connectivity index (χ3n) is 1.86. The molecule has 1 N–H and O–H groups in total. The maximum absolute atomic E-state index is 11.2. The molecule has 0 aromatic heterocycles. The fraction of sp³-hybridized carbons (Fsp3) is 0.200. The molecule has 1 aromatic carbocycles. The van der Waals surface area contributed by atoms with Crippen molar-refractivity contribution in [3.63, 3.8) is 0 Å². The van der Waals surface area contributed by atoms with Gasteiger partial charge < -0.3 is 5.11 Å². The van der Waals surface area contributed by atoms with Crippen LogP contribution in [0, 0.1) is 18.3 Å². The van der Waals surface area contributed by atoms with Crippen LogP contribution in [0.15, 0.2) is 12.1 Å². The second-order valence-electron chi connectivity index (χ2n) is 2.86. The summed E-state index contributed by atoms with van der Waals surface area (Å²) in [6.45, 7) is 1.63. The third kappa shape index (κ3) is 1.86. The Bertz CT molecular complexity index is 421. The van der Waals surface area contributed by atoms with E-state index in [2.05, 4.69) is 0 Å². The molecule has 3 nitrogen and oxygen atoms in total. The smallest absolute Gasteiger partial charge is 0.177 e. The maximum Gasteiger partial charge on any atom is 0.177 e. The Hall–Kier alpha value is -1.53. The highest BCUT2D eigenvalue weighted by Gasteiger charge is 2.10. The summed E-state index contributed by atoms with van der Waals surface area (Å²) in [6, 6.07) is 4.67. The van der Waals surface area contributed by atoms with Crippen molar-refractivity contribution in [2.75, 3.05) is 5.88 Å². The number of nitrogens with zero attached hydrogens (tertiary/aromatic N) is 1. The summed E-state index contributed by atoms with van der Waals surface area (Å²) >= 11 is 5.38. The fourth-order valence-electron chi connectivity index (χ4n) is 1.10. The number of benzene rings is 1. The Morgan fingerprint density at radius 2 is 2.29 bits per heavy atom. The van der Waals surface area contributed by atoms with Gasteiger partial charge >= 0.3 is 0 Å². The van der Waals surface area contributed by atoms with Gasteiger partial charge in [-0.15, -0.1) is 11.6 Å². The molecule has 72 valence electrons. The van der Waals surface area contributed by atoms with E-state index in [4.69, 9.17) is 16.9 Å². The zero-order chi connectivity index (χ0) is 10.7. The molecule has 0 saturated carbocycles. The highest BCUT2D eigenvalue weighted by molar-refractivity contribution is 6.30. The van der Waals surface area contributed by atoms with E-state index in [1.807, 2.05) is 6.07 Å². The Kier molecular flexibility index (Phi) is 3.10. The highest BCUT2D eigenvalue weighted by atomic mass is 35.5. The molecule has 1 rings (SSSR count). The van der Waals surface area contributed by atoms with Gasteiger partial charge in [-0.05, 0) is 24.6 Å². The van der Waals surface area contributed by atoms with Crippen molar-refractivity contribution in [2.24, 2.45) is 0 Å². The Balaban J connectivity index is 3.32. The predicted octanol–water partition coefficient (Wildman–Crippen LogP) is 1.99. The molecule has 14 heavy (non-hydrogen) atoms. The molecule has 0 radical (unpaired) electrons. The first kappa shape index (κ1) is 10.6. The van der Waals surface area contributed by atoms with Crippen LogP contribution in [0.2, 0.25) is 0 Å². The molecule has 0 aliphatic heterocycles. The summed E-state index contributed by atoms with van der Waals surface area (Å²) in [4.78, 5) is 11.2. The van der Waals surface area contributed by atoms with Crippen LogP contribution >= 0.6 is 11.6 Å². The van der Waals surface area contributed by atoms with Crippen LogP contribution < -0.4 is 0 Å². The monoisotopic (exact) mass is 209 g/mol. The normalized spacial score (nSPS) is 9.50. The van der Waals surface area contributed by atoms with E-state index in [-0.39, 0.29) is 23.0 Å². The number of ketones is 1. The molecule has 0 heterocycles. The van der Waals surface area contributed by atoms with Crippen LogP contribution in [0.25, 0.3) is 0 Å². The van der Waals surface area contributed by atoms with Gasteiger partial charge in [-0.25, -0.2) is 0 Å². The Morgan fingerprint density at radius 3 is 2.79 bits per heavy atom. The lowest BCUT2D eigenvalue weighted by Crippen LogP contribution is -2.01. The van der Waals surface area contributed by atoms with Crippen molar-refractivity contribution in [3.05, 3.63) is 28.8 Å². The van der Waals surface area contributed by atoms with Gasteiger partial charge in [0.25, 0.3) is 0 Å². The minimum Gasteiger partial charge on any atom is -0.506 e. The second kappa shape index (κ2) is 4.12. The van der Waals surface area contributed by atoms with E-state index < -0.39 is 0 Å². The van der Waals surface area contributed by atoms with Crippen molar-refractivity contribution in [1.29, 1.82) is 5.26 Å². The zero-order valence-electron chi connectivity index (χ0n) is 7.54. The minimum absolute atomic E-state index is 0.0846. The SMILES string of the molecule is Cc1cc(C(=O)CCl)cc(C#N)c1O. The second-order valence-corrected chi connectivity index (χ2v) is 3.13. The average Bonchev–Trinajstić information content (AvgIpc) is 2.20. The molecule has 0 unspecified atom stereocenters. The van der Waals surface area contributed by atoms with Gasteiger partial charge in [-0.3, -0.25) is 4.79 Å². The third-order valence-corrected chi connectivity index (χ3v) is 2.11. The van der Waals surface area contributed by atoms with Crippen molar-refractivity contribution in [2.45, 2.75) is 6.92 Å². The Labute approximate surface area is 86.5 Å². The first-order chi connectivity index (χ1) is 6.60. The van der Waals surface area contributed by atoms with E-state index in [1.165, 1.54) is 12.1 Å². The quantitative estimate of drug-likeness (QED) is 0.599. The summed E-state index contributed by atoms with van der Waals surface area (Å²) in [5.74, 6) is -0.473. The van der Waals surface area contributed by atoms with Gasteiger partial charge in [0, 0.05) is 5.56 Å². The number of aromatic hydroxyl groups is 1. The maximum atomic E-state index is 11.2. The molecule has 0 aliphatic rings. The molecule has 0 spiro atoms. The standard InChI is InChI=1S/C10H8ClNO2/c1-6-2-7(9(13)4-11)3-8(5-12)10(6)14/h2-3,14H,4H2,1H3. The van der Waals surface area contributed by atoms with Crippen LogP contribution in [0.5, 0.6) is 5.75 Å². The molecule has 4 heteroatoms. The molecule has 0 amide bonds. The van der Waals surface area contributed by atoms with Crippen LogP contribution in [0.1, 0.15) is 21.5 Å². The fourth-order valence-corrected chi connectivity index (χ4v) is 1.26. The van der Waals surface area contributed by atoms with Crippen molar-refractivity contribution in [3.8, 4) is 11.8 Å². The number of hydrogen-bond donors (Lipinski definition) is 1. The predicted molar refractivity (Wildman–Crippen MR) is 52.6 cm³/mol. The van der Waals surface area contributed by atoms with Crippen LogP contribution in [0.3, 0.4) is 0 Å². The number of carbonyl (C=O) groups excluding carboxylic acids is 1. The number of phenolic OH excluding ortho intramolecular Hbond substituents is 1.